The number of nitrogens with zero attached hydrogens (tertiary/aromatic N) is 4. The molecule has 0 atom stereocenters. The van der Waals surface area contributed by atoms with Crippen LogP contribution < -0.4 is 30.1 Å². The molecule has 0 amide bonds. The van der Waals surface area contributed by atoms with Crippen molar-refractivity contribution >= 4 is 144 Å². The van der Waals surface area contributed by atoms with Crippen LogP contribution in [0.3, 0.4) is 0 Å². The summed E-state index contributed by atoms with van der Waals surface area (Å²) in [4.78, 5) is 38.9. The van der Waals surface area contributed by atoms with Gasteiger partial charge in [-0.2, -0.15) is 0 Å². The van der Waals surface area contributed by atoms with Gasteiger partial charge in [-0.25, -0.2) is 9.97 Å². The van der Waals surface area contributed by atoms with E-state index in [0.717, 1.165) is 0 Å². The predicted octanol–water partition coefficient (Wildman–Crippen LogP) is 9.89. The molecule has 0 unspecified atom stereocenters. The van der Waals surface area contributed by atoms with Crippen molar-refractivity contribution in [3.63, 3.8) is 0 Å². The smallest absolute Gasteiger partial charge is 0.264 e. The SMILES string of the molecule is COc1cc2nc3c4cc(Cl)c5c6c(Cl)cc7c8c(cc(Cl)c(c9c(Cl)cc(c(=O)n3c2cc1OC)c4c95)c68)c(=O)n1c2cc(OC)c(OC)cc2nc71. The van der Waals surface area contributed by atoms with Gasteiger partial charge in [0.25, 0.3) is 11.1 Å². The van der Waals surface area contributed by atoms with E-state index in [0.29, 0.717) is 131 Å². The van der Waals surface area contributed by atoms with Gasteiger partial charge in [0.05, 0.1) is 61.3 Å². The first-order chi connectivity index (χ1) is 26.1. The molecular weight excluding hydrogens is 774 g/mol. The van der Waals surface area contributed by atoms with E-state index in [9.17, 15) is 9.59 Å². The second-order valence-corrected chi connectivity index (χ2v) is 14.8. The number of hydrogen-bond donors (Lipinski definition) is 0. The van der Waals surface area contributed by atoms with Gasteiger partial charge in [-0.05, 0) is 24.3 Å². The molecule has 0 fully saturated rings. The molecule has 0 aliphatic rings. The first-order valence-corrected chi connectivity index (χ1v) is 18.0. The second-order valence-electron chi connectivity index (χ2n) is 13.2. The van der Waals surface area contributed by atoms with Crippen molar-refractivity contribution in [1.82, 2.24) is 18.8 Å². The average Bonchev–Trinajstić information content (AvgIpc) is 3.74. The Bertz CT molecular complexity index is 3400. The van der Waals surface area contributed by atoms with Crippen molar-refractivity contribution < 1.29 is 18.9 Å². The molecule has 11 aromatic rings. The van der Waals surface area contributed by atoms with E-state index >= 15 is 0 Å². The Morgan fingerprint density at radius 1 is 0.426 bits per heavy atom. The molecule has 11 rings (SSSR count). The Hall–Kier alpha value is -5.52. The fourth-order valence-electron chi connectivity index (χ4n) is 8.63. The van der Waals surface area contributed by atoms with Crippen LogP contribution in [-0.4, -0.2) is 47.2 Å². The molecule has 0 aliphatic heterocycles. The zero-order chi connectivity index (χ0) is 37.2. The van der Waals surface area contributed by atoms with Crippen molar-refractivity contribution in [3.8, 4) is 23.0 Å². The largest absolute Gasteiger partial charge is 0.493 e. The topological polar surface area (TPSA) is 106 Å². The van der Waals surface area contributed by atoms with E-state index in [4.69, 9.17) is 75.3 Å². The van der Waals surface area contributed by atoms with Crippen molar-refractivity contribution in [3.05, 3.63) is 89.3 Å². The van der Waals surface area contributed by atoms with Gasteiger partial charge in [-0.1, -0.05) is 46.4 Å². The average molecular weight is 794 g/mol. The molecule has 0 saturated heterocycles. The van der Waals surface area contributed by atoms with E-state index in [2.05, 4.69) is 0 Å². The maximum atomic E-state index is 14.5. The second kappa shape index (κ2) is 10.6. The minimum absolute atomic E-state index is 0.269. The molecule has 4 aromatic heterocycles. The number of methoxy groups -OCH3 is 4. The summed E-state index contributed by atoms with van der Waals surface area (Å²) in [7, 11) is 6.13. The Morgan fingerprint density at radius 2 is 0.741 bits per heavy atom. The van der Waals surface area contributed by atoms with Crippen LogP contribution in [0.15, 0.2) is 58.1 Å². The highest BCUT2D eigenvalue weighted by molar-refractivity contribution is 6.56. The van der Waals surface area contributed by atoms with Gasteiger partial charge in [0.1, 0.15) is 11.3 Å². The van der Waals surface area contributed by atoms with Gasteiger partial charge in [0, 0.05) is 98.2 Å². The van der Waals surface area contributed by atoms with E-state index in [1.807, 2.05) is 0 Å². The number of aromatic nitrogens is 4. The molecule has 0 saturated carbocycles. The van der Waals surface area contributed by atoms with Crippen molar-refractivity contribution in [1.29, 1.82) is 0 Å². The van der Waals surface area contributed by atoms with Crippen molar-refractivity contribution in [2.24, 2.45) is 0 Å². The molecule has 0 N–H and O–H groups in total. The first-order valence-electron chi connectivity index (χ1n) is 16.5. The highest BCUT2D eigenvalue weighted by Crippen LogP contribution is 2.53. The van der Waals surface area contributed by atoms with Gasteiger partial charge in [-0.15, -0.1) is 0 Å². The Kier molecular flexibility index (Phi) is 6.26. The number of fused-ring (bicyclic) bond motifs is 10. The molecule has 10 nitrogen and oxygen atoms in total. The van der Waals surface area contributed by atoms with Crippen LogP contribution in [0.4, 0.5) is 0 Å². The molecule has 0 bridgehead atoms. The minimum Gasteiger partial charge on any atom is -0.493 e. The van der Waals surface area contributed by atoms with Gasteiger partial charge >= 0.3 is 0 Å². The summed E-state index contributed by atoms with van der Waals surface area (Å²) in [6.45, 7) is 0. The number of halogens is 4. The summed E-state index contributed by atoms with van der Waals surface area (Å²) >= 11 is 29.2. The molecule has 14 heteroatoms. The lowest BCUT2D eigenvalue weighted by molar-refractivity contribution is 0.355. The normalized spacial score (nSPS) is 12.6. The lowest BCUT2D eigenvalue weighted by atomic mass is 9.86. The number of imidazole rings is 2. The van der Waals surface area contributed by atoms with Gasteiger partial charge in [0.2, 0.25) is 0 Å². The Labute approximate surface area is 321 Å². The zero-order valence-electron chi connectivity index (χ0n) is 28.4. The Morgan fingerprint density at radius 3 is 1.07 bits per heavy atom. The number of pyridine rings is 2. The fraction of sp³-hybridized carbons (Fsp3) is 0.100. The molecule has 0 radical (unpaired) electrons. The highest BCUT2D eigenvalue weighted by atomic mass is 35.5. The first kappa shape index (κ1) is 32.0. The summed E-state index contributed by atoms with van der Waals surface area (Å²) in [5, 5.41) is 7.84. The monoisotopic (exact) mass is 792 g/mol. The lowest BCUT2D eigenvalue weighted by Crippen LogP contribution is -2.14. The lowest BCUT2D eigenvalue weighted by Gasteiger charge is -2.21. The number of rotatable bonds is 4. The third-order valence-corrected chi connectivity index (χ3v) is 12.0. The molecule has 264 valence electrons. The molecule has 7 aromatic carbocycles. The van der Waals surface area contributed by atoms with Crippen molar-refractivity contribution in [2.75, 3.05) is 28.4 Å². The van der Waals surface area contributed by atoms with Gasteiger partial charge in [0.15, 0.2) is 23.0 Å². The van der Waals surface area contributed by atoms with E-state index in [1.165, 1.54) is 37.2 Å². The molecule has 0 spiro atoms. The molecule has 0 aliphatic carbocycles. The minimum atomic E-state index is -0.333. The zero-order valence-corrected chi connectivity index (χ0v) is 31.4. The predicted molar refractivity (Wildman–Crippen MR) is 216 cm³/mol. The number of hydrogen-bond acceptors (Lipinski definition) is 8. The molecule has 4 heterocycles. The Balaban J connectivity index is 1.38. The van der Waals surface area contributed by atoms with Gasteiger partial charge < -0.3 is 18.9 Å². The van der Waals surface area contributed by atoms with Crippen molar-refractivity contribution in [2.45, 2.75) is 0 Å². The maximum Gasteiger partial charge on any atom is 0.264 e. The summed E-state index contributed by atoms with van der Waals surface area (Å²) in [5.74, 6) is 1.83. The summed E-state index contributed by atoms with van der Waals surface area (Å²) in [6, 6.07) is 13.8. The number of ether oxygens (including phenoxy) is 4. The van der Waals surface area contributed by atoms with Crippen LogP contribution >= 0.6 is 46.4 Å². The van der Waals surface area contributed by atoms with Crippen LogP contribution in [0.5, 0.6) is 23.0 Å². The van der Waals surface area contributed by atoms with Crippen LogP contribution in [-0.2, 0) is 0 Å². The van der Waals surface area contributed by atoms with E-state index < -0.39 is 0 Å². The third kappa shape index (κ3) is 3.64. The van der Waals surface area contributed by atoms with Gasteiger partial charge in [-0.3, -0.25) is 18.4 Å². The summed E-state index contributed by atoms with van der Waals surface area (Å²) < 4.78 is 25.2. The van der Waals surface area contributed by atoms with E-state index in [1.54, 1.807) is 48.5 Å². The highest BCUT2D eigenvalue weighted by Gasteiger charge is 2.29. The molecular formula is C40H20Cl4N4O6. The molecule has 54 heavy (non-hydrogen) atoms. The van der Waals surface area contributed by atoms with E-state index in [-0.39, 0.29) is 21.2 Å². The summed E-state index contributed by atoms with van der Waals surface area (Å²) in [5.41, 5.74) is 2.23. The quantitative estimate of drug-likeness (QED) is 0.128. The standard InChI is InChI=1S/C40H20Cl4N4O6/c1-51-25-9-21-23(11-27(25)53-3)47-37(45-21)13-5-17(41)31-32-18(42)6-14-30-16(40(50)48-24-12-28(54-4)26(52-2)10-22(24)46-38(14)48)8-20(44)34(36(30)32)33-19(43)7-15(39(47)49)29(13)35(31)33/h5-12H,1-4H3. The summed E-state index contributed by atoms with van der Waals surface area (Å²) in [6.07, 6.45) is 0. The van der Waals surface area contributed by atoms with Crippen LogP contribution in [0.25, 0.3) is 98.0 Å². The van der Waals surface area contributed by atoms with Crippen LogP contribution in [0, 0.1) is 0 Å². The van der Waals surface area contributed by atoms with Crippen LogP contribution in [0.2, 0.25) is 20.1 Å². The maximum absolute atomic E-state index is 14.5. The fourth-order valence-corrected chi connectivity index (χ4v) is 9.82. The third-order valence-electron chi connectivity index (χ3n) is 10.8. The number of benzene rings is 7. The van der Waals surface area contributed by atoms with Crippen LogP contribution in [0.1, 0.15) is 0 Å².